The van der Waals surface area contributed by atoms with Gasteiger partial charge in [0.15, 0.2) is 0 Å². The molecule has 0 fully saturated rings. The van der Waals surface area contributed by atoms with E-state index in [1.165, 1.54) is 34.7 Å². The molecule has 128 valence electrons. The van der Waals surface area contributed by atoms with Gasteiger partial charge < -0.3 is 4.74 Å². The fourth-order valence-corrected chi connectivity index (χ4v) is 3.27. The molecule has 0 saturated heterocycles. The van der Waals surface area contributed by atoms with Gasteiger partial charge in [-0.2, -0.15) is 0 Å². The average molecular weight is 324 g/mol. The monoisotopic (exact) mass is 324 g/mol. The Kier molecular flexibility index (Phi) is 5.82. The molecule has 0 N–H and O–H groups in total. The molecule has 0 aromatic heterocycles. The minimum absolute atomic E-state index is 0.148. The Labute approximate surface area is 145 Å². The van der Waals surface area contributed by atoms with E-state index in [1.54, 1.807) is 0 Å². The van der Waals surface area contributed by atoms with Crippen LogP contribution in [0.25, 0.3) is 0 Å². The highest BCUT2D eigenvalue weighted by molar-refractivity contribution is 5.66. The molecular weight excluding hydrogens is 296 g/mol. The fourth-order valence-electron chi connectivity index (χ4n) is 3.27. The van der Waals surface area contributed by atoms with E-state index in [-0.39, 0.29) is 18.0 Å². The summed E-state index contributed by atoms with van der Waals surface area (Å²) < 4.78 is 5.81. The second kappa shape index (κ2) is 7.65. The number of hydrogen-bond acceptors (Lipinski definition) is 2. The third-order valence-electron chi connectivity index (χ3n) is 4.79. The van der Waals surface area contributed by atoms with Crippen molar-refractivity contribution in [1.82, 2.24) is 0 Å². The lowest BCUT2D eigenvalue weighted by atomic mass is 9.84. The summed E-state index contributed by atoms with van der Waals surface area (Å²) in [6.45, 7) is 12.0. The number of aryl methyl sites for hydroxylation is 4. The lowest BCUT2D eigenvalue weighted by Crippen LogP contribution is -2.18. The largest absolute Gasteiger partial charge is 0.457 e. The van der Waals surface area contributed by atoms with Gasteiger partial charge in [0.2, 0.25) is 0 Å². The van der Waals surface area contributed by atoms with Crippen molar-refractivity contribution in [2.45, 2.75) is 60.0 Å². The lowest BCUT2D eigenvalue weighted by molar-refractivity contribution is -0.148. The Morgan fingerprint density at radius 1 is 0.958 bits per heavy atom. The van der Waals surface area contributed by atoms with Gasteiger partial charge in [0.25, 0.3) is 0 Å². The van der Waals surface area contributed by atoms with Crippen LogP contribution in [-0.4, -0.2) is 5.97 Å². The van der Waals surface area contributed by atoms with Crippen LogP contribution in [0.4, 0.5) is 0 Å². The highest BCUT2D eigenvalue weighted by Crippen LogP contribution is 2.39. The van der Waals surface area contributed by atoms with Gasteiger partial charge in [-0.05, 0) is 61.9 Å². The van der Waals surface area contributed by atoms with Crippen LogP contribution in [0.3, 0.4) is 0 Å². The van der Waals surface area contributed by atoms with Crippen molar-refractivity contribution in [2.24, 2.45) is 0 Å². The van der Waals surface area contributed by atoms with Gasteiger partial charge in [0.05, 0.1) is 0 Å². The van der Waals surface area contributed by atoms with Gasteiger partial charge in [-0.25, -0.2) is 0 Å². The van der Waals surface area contributed by atoms with E-state index in [9.17, 15) is 4.79 Å². The van der Waals surface area contributed by atoms with Crippen molar-refractivity contribution in [3.63, 3.8) is 0 Å². The molecule has 2 aromatic carbocycles. The van der Waals surface area contributed by atoms with E-state index in [1.807, 2.05) is 0 Å². The van der Waals surface area contributed by atoms with Crippen LogP contribution in [0.5, 0.6) is 0 Å². The number of carbonyl (C=O) groups excluding carboxylic acids is 1. The predicted molar refractivity (Wildman–Crippen MR) is 99.4 cm³/mol. The highest BCUT2D eigenvalue weighted by atomic mass is 16.5. The van der Waals surface area contributed by atoms with Crippen molar-refractivity contribution in [3.8, 4) is 0 Å². The zero-order valence-corrected chi connectivity index (χ0v) is 15.6. The molecule has 2 unspecified atom stereocenters. The normalized spacial score (nSPS) is 13.4. The molecule has 0 radical (unpaired) electrons. The minimum atomic E-state index is -0.255. The second-order valence-corrected chi connectivity index (χ2v) is 6.75. The van der Waals surface area contributed by atoms with Crippen LogP contribution in [0.15, 0.2) is 36.4 Å². The molecule has 0 amide bonds. The number of benzene rings is 2. The summed E-state index contributed by atoms with van der Waals surface area (Å²) in [4.78, 5) is 11.8. The second-order valence-electron chi connectivity index (χ2n) is 6.75. The summed E-state index contributed by atoms with van der Waals surface area (Å²) in [6, 6.07) is 12.9. The minimum Gasteiger partial charge on any atom is -0.457 e. The van der Waals surface area contributed by atoms with Crippen molar-refractivity contribution < 1.29 is 9.53 Å². The number of esters is 1. The first-order valence-electron chi connectivity index (χ1n) is 8.65. The van der Waals surface area contributed by atoms with Crippen molar-refractivity contribution >= 4 is 5.97 Å². The van der Waals surface area contributed by atoms with Gasteiger partial charge in [-0.3, -0.25) is 4.79 Å². The molecule has 0 bridgehead atoms. The summed E-state index contributed by atoms with van der Waals surface area (Å²) >= 11 is 0. The van der Waals surface area contributed by atoms with Gasteiger partial charge in [-0.1, -0.05) is 48.9 Å². The van der Waals surface area contributed by atoms with Crippen molar-refractivity contribution in [2.75, 3.05) is 0 Å². The van der Waals surface area contributed by atoms with E-state index >= 15 is 0 Å². The van der Waals surface area contributed by atoms with Crippen molar-refractivity contribution in [3.05, 3.63) is 69.8 Å². The Bertz CT molecular complexity index is 713. The lowest BCUT2D eigenvalue weighted by Gasteiger charge is -2.28. The van der Waals surface area contributed by atoms with Crippen LogP contribution in [0, 0.1) is 27.7 Å². The quantitative estimate of drug-likeness (QED) is 0.658. The zero-order valence-electron chi connectivity index (χ0n) is 15.6. The molecule has 2 nitrogen and oxygen atoms in total. The number of rotatable bonds is 5. The van der Waals surface area contributed by atoms with Crippen molar-refractivity contribution in [1.29, 1.82) is 0 Å². The molecule has 0 heterocycles. The summed E-state index contributed by atoms with van der Waals surface area (Å²) in [5.74, 6) is -0.0847. The molecule has 0 spiro atoms. The number of hydrogen-bond donors (Lipinski definition) is 0. The molecule has 0 aliphatic heterocycles. The Morgan fingerprint density at radius 3 is 2.08 bits per heavy atom. The van der Waals surface area contributed by atoms with Gasteiger partial charge in [0.1, 0.15) is 6.10 Å². The van der Waals surface area contributed by atoms with E-state index in [2.05, 4.69) is 71.0 Å². The first-order chi connectivity index (χ1) is 11.3. The van der Waals surface area contributed by atoms with E-state index in [0.29, 0.717) is 0 Å². The third-order valence-corrected chi connectivity index (χ3v) is 4.79. The zero-order chi connectivity index (χ0) is 17.9. The maximum Gasteiger partial charge on any atom is 0.303 e. The first kappa shape index (κ1) is 18.3. The Balaban J connectivity index is 2.52. The molecule has 2 rings (SSSR count). The van der Waals surface area contributed by atoms with Crippen LogP contribution in [0.2, 0.25) is 0 Å². The molecule has 2 atom stereocenters. The maximum atomic E-state index is 11.8. The van der Waals surface area contributed by atoms with E-state index < -0.39 is 0 Å². The van der Waals surface area contributed by atoms with Gasteiger partial charge in [-0.15, -0.1) is 0 Å². The first-order valence-corrected chi connectivity index (χ1v) is 8.65. The predicted octanol–water partition coefficient (Wildman–Crippen LogP) is 5.72. The average Bonchev–Trinajstić information content (AvgIpc) is 2.52. The Hall–Kier alpha value is -2.09. The Morgan fingerprint density at radius 2 is 1.54 bits per heavy atom. The fraction of sp³-hybridized carbons (Fsp3) is 0.409. The summed E-state index contributed by atoms with van der Waals surface area (Å²) in [7, 11) is 0. The van der Waals surface area contributed by atoms with Crippen LogP contribution in [-0.2, 0) is 9.53 Å². The molecule has 0 aliphatic rings. The molecule has 2 aromatic rings. The van der Waals surface area contributed by atoms with Gasteiger partial charge in [0, 0.05) is 12.8 Å². The molecule has 0 saturated carbocycles. The number of carbonyl (C=O) groups is 1. The number of ether oxygens (including phenoxy) is 1. The summed E-state index contributed by atoms with van der Waals surface area (Å²) in [5, 5.41) is 0. The highest BCUT2D eigenvalue weighted by Gasteiger charge is 2.28. The SMILES string of the molecule is CCC(c1ccc(C)cc1)C(OC(C)=O)c1cc(C)c(C)cc1C. The standard InChI is InChI=1S/C22H28O2/c1-7-20(19-10-8-14(2)9-11-19)22(24-18(6)23)21-13-16(4)15(3)12-17(21)5/h8-13,20,22H,7H2,1-6H3. The van der Waals surface area contributed by atoms with Crippen LogP contribution < -0.4 is 0 Å². The van der Waals surface area contributed by atoms with Crippen LogP contribution in [0.1, 0.15) is 65.7 Å². The molecular formula is C22H28O2. The topological polar surface area (TPSA) is 26.3 Å². The van der Waals surface area contributed by atoms with E-state index in [4.69, 9.17) is 4.74 Å². The summed E-state index contributed by atoms with van der Waals surface area (Å²) in [6.07, 6.45) is 0.655. The third kappa shape index (κ3) is 4.05. The maximum absolute atomic E-state index is 11.8. The molecule has 2 heteroatoms. The smallest absolute Gasteiger partial charge is 0.303 e. The van der Waals surface area contributed by atoms with E-state index in [0.717, 1.165) is 12.0 Å². The molecule has 24 heavy (non-hydrogen) atoms. The van der Waals surface area contributed by atoms with Crippen LogP contribution >= 0.6 is 0 Å². The summed E-state index contributed by atoms with van der Waals surface area (Å²) in [5.41, 5.74) is 7.23. The molecule has 0 aliphatic carbocycles. The van der Waals surface area contributed by atoms with Gasteiger partial charge >= 0.3 is 5.97 Å².